The van der Waals surface area contributed by atoms with Gasteiger partial charge in [-0.1, -0.05) is 6.92 Å². The standard InChI is InChI=1S/C4H11NS2/c1-2-3(6)4(5)7/h3-4,6-7H,2,5H2,1H3. The Labute approximate surface area is 55.5 Å². The van der Waals surface area contributed by atoms with Gasteiger partial charge in [-0.3, -0.25) is 0 Å². The molecule has 0 saturated heterocycles. The van der Waals surface area contributed by atoms with Crippen molar-refractivity contribution in [1.29, 1.82) is 0 Å². The average molecular weight is 137 g/mol. The molecule has 0 aliphatic heterocycles. The highest BCUT2D eigenvalue weighted by Gasteiger charge is 2.03. The zero-order chi connectivity index (χ0) is 5.86. The molecule has 0 fully saturated rings. The molecule has 0 aliphatic rings. The molecule has 2 atom stereocenters. The second-order valence-electron chi connectivity index (χ2n) is 1.47. The number of hydrogen-bond acceptors (Lipinski definition) is 3. The highest BCUT2D eigenvalue weighted by molar-refractivity contribution is 7.85. The fourth-order valence-corrected chi connectivity index (χ4v) is 0.452. The van der Waals surface area contributed by atoms with Crippen LogP contribution in [0.4, 0.5) is 0 Å². The van der Waals surface area contributed by atoms with E-state index >= 15 is 0 Å². The van der Waals surface area contributed by atoms with E-state index in [4.69, 9.17) is 5.73 Å². The average Bonchev–Trinajstić information content (AvgIpc) is 1.65. The summed E-state index contributed by atoms with van der Waals surface area (Å²) in [5, 5.41) is 0.164. The first-order valence-electron chi connectivity index (χ1n) is 2.30. The summed E-state index contributed by atoms with van der Waals surface area (Å²) >= 11 is 8.10. The van der Waals surface area contributed by atoms with E-state index in [0.717, 1.165) is 6.42 Å². The zero-order valence-corrected chi connectivity index (χ0v) is 6.12. The van der Waals surface area contributed by atoms with Gasteiger partial charge in [0.05, 0.1) is 5.37 Å². The van der Waals surface area contributed by atoms with Crippen LogP contribution in [0.1, 0.15) is 13.3 Å². The van der Waals surface area contributed by atoms with Gasteiger partial charge < -0.3 is 5.73 Å². The Morgan fingerprint density at radius 3 is 2.00 bits per heavy atom. The molecule has 0 amide bonds. The molecule has 2 unspecified atom stereocenters. The van der Waals surface area contributed by atoms with Crippen LogP contribution in [0.5, 0.6) is 0 Å². The van der Waals surface area contributed by atoms with Gasteiger partial charge in [0.25, 0.3) is 0 Å². The Balaban J connectivity index is 3.14. The molecule has 2 N–H and O–H groups in total. The van der Waals surface area contributed by atoms with Crippen molar-refractivity contribution in [3.63, 3.8) is 0 Å². The van der Waals surface area contributed by atoms with Gasteiger partial charge in [-0.05, 0) is 6.42 Å². The van der Waals surface area contributed by atoms with Crippen molar-refractivity contribution >= 4 is 25.3 Å². The third-order valence-electron chi connectivity index (χ3n) is 0.813. The molecule has 0 saturated carbocycles. The minimum atomic E-state index is -0.0756. The van der Waals surface area contributed by atoms with Crippen LogP contribution in [-0.2, 0) is 0 Å². The zero-order valence-electron chi connectivity index (χ0n) is 4.33. The van der Waals surface area contributed by atoms with E-state index in [1.54, 1.807) is 0 Å². The molecule has 0 rings (SSSR count). The Bertz CT molecular complexity index is 47.0. The molecule has 3 heteroatoms. The van der Waals surface area contributed by atoms with Crippen molar-refractivity contribution in [2.45, 2.75) is 24.0 Å². The normalized spacial score (nSPS) is 18.9. The predicted molar refractivity (Wildman–Crippen MR) is 40.0 cm³/mol. The summed E-state index contributed by atoms with van der Waals surface area (Å²) in [6.45, 7) is 2.04. The maximum absolute atomic E-state index is 5.33. The first-order valence-corrected chi connectivity index (χ1v) is 3.33. The lowest BCUT2D eigenvalue weighted by Gasteiger charge is -2.08. The van der Waals surface area contributed by atoms with E-state index < -0.39 is 0 Å². The van der Waals surface area contributed by atoms with Crippen molar-refractivity contribution < 1.29 is 0 Å². The van der Waals surface area contributed by atoms with E-state index in [2.05, 4.69) is 25.3 Å². The van der Waals surface area contributed by atoms with Crippen LogP contribution in [0, 0.1) is 0 Å². The monoisotopic (exact) mass is 137 g/mol. The van der Waals surface area contributed by atoms with Crippen LogP contribution in [0.25, 0.3) is 0 Å². The Morgan fingerprint density at radius 1 is 1.57 bits per heavy atom. The van der Waals surface area contributed by atoms with E-state index in [0.29, 0.717) is 0 Å². The quantitative estimate of drug-likeness (QED) is 0.383. The van der Waals surface area contributed by atoms with Gasteiger partial charge in [-0.2, -0.15) is 25.3 Å². The minimum absolute atomic E-state index is 0.0756. The third-order valence-corrected chi connectivity index (χ3v) is 2.09. The number of nitrogens with two attached hydrogens (primary N) is 1. The smallest absolute Gasteiger partial charge is 0.0595 e. The summed E-state index contributed by atoms with van der Waals surface area (Å²) in [6, 6.07) is 0. The molecule has 0 aromatic rings. The van der Waals surface area contributed by atoms with Crippen LogP contribution in [0.15, 0.2) is 0 Å². The lowest BCUT2D eigenvalue weighted by molar-refractivity contribution is 0.794. The Kier molecular flexibility index (Phi) is 3.98. The van der Waals surface area contributed by atoms with Crippen molar-refractivity contribution in [3.8, 4) is 0 Å². The number of thiol groups is 2. The summed E-state index contributed by atoms with van der Waals surface area (Å²) in [7, 11) is 0. The predicted octanol–water partition coefficient (Wildman–Crippen LogP) is 0.909. The van der Waals surface area contributed by atoms with Crippen molar-refractivity contribution in [3.05, 3.63) is 0 Å². The van der Waals surface area contributed by atoms with Crippen LogP contribution in [0.2, 0.25) is 0 Å². The van der Waals surface area contributed by atoms with Gasteiger partial charge >= 0.3 is 0 Å². The molecule has 0 aliphatic carbocycles. The fourth-order valence-electron chi connectivity index (χ4n) is 0.241. The van der Waals surface area contributed by atoms with Gasteiger partial charge in [-0.25, -0.2) is 0 Å². The molecule has 0 aromatic heterocycles. The molecular weight excluding hydrogens is 126 g/mol. The molecule has 0 radical (unpaired) electrons. The second kappa shape index (κ2) is 3.64. The summed E-state index contributed by atoms with van der Waals surface area (Å²) in [5.41, 5.74) is 5.33. The van der Waals surface area contributed by atoms with Gasteiger partial charge in [0.2, 0.25) is 0 Å². The highest BCUT2D eigenvalue weighted by atomic mass is 32.1. The van der Waals surface area contributed by atoms with Gasteiger partial charge in [0, 0.05) is 5.25 Å². The highest BCUT2D eigenvalue weighted by Crippen LogP contribution is 2.05. The van der Waals surface area contributed by atoms with Crippen LogP contribution in [0.3, 0.4) is 0 Å². The topological polar surface area (TPSA) is 26.0 Å². The number of rotatable bonds is 2. The van der Waals surface area contributed by atoms with Crippen molar-refractivity contribution in [2.24, 2.45) is 5.73 Å². The van der Waals surface area contributed by atoms with Gasteiger partial charge in [-0.15, -0.1) is 0 Å². The minimum Gasteiger partial charge on any atom is -0.319 e. The molecule has 1 nitrogen and oxygen atoms in total. The van der Waals surface area contributed by atoms with E-state index in [1.165, 1.54) is 0 Å². The Morgan fingerprint density at radius 2 is 2.00 bits per heavy atom. The van der Waals surface area contributed by atoms with Gasteiger partial charge in [0.1, 0.15) is 0 Å². The second-order valence-corrected chi connectivity index (χ2v) is 2.73. The van der Waals surface area contributed by atoms with Crippen molar-refractivity contribution in [1.82, 2.24) is 0 Å². The maximum Gasteiger partial charge on any atom is 0.0595 e. The van der Waals surface area contributed by atoms with E-state index in [9.17, 15) is 0 Å². The first kappa shape index (κ1) is 7.66. The molecule has 44 valence electrons. The number of hydrogen-bond donors (Lipinski definition) is 3. The van der Waals surface area contributed by atoms with Crippen LogP contribution >= 0.6 is 25.3 Å². The van der Waals surface area contributed by atoms with Crippen molar-refractivity contribution in [2.75, 3.05) is 0 Å². The molecule has 7 heavy (non-hydrogen) atoms. The molecule has 0 bridgehead atoms. The maximum atomic E-state index is 5.33. The van der Waals surface area contributed by atoms with Crippen LogP contribution < -0.4 is 5.73 Å². The van der Waals surface area contributed by atoms with Crippen LogP contribution in [-0.4, -0.2) is 10.6 Å². The molecule has 0 aromatic carbocycles. The summed E-state index contributed by atoms with van der Waals surface area (Å²) < 4.78 is 0. The first-order chi connectivity index (χ1) is 3.18. The largest absolute Gasteiger partial charge is 0.319 e. The summed E-state index contributed by atoms with van der Waals surface area (Å²) in [5.74, 6) is 0. The summed E-state index contributed by atoms with van der Waals surface area (Å²) in [4.78, 5) is 0. The van der Waals surface area contributed by atoms with E-state index in [-0.39, 0.29) is 10.6 Å². The van der Waals surface area contributed by atoms with Gasteiger partial charge in [0.15, 0.2) is 0 Å². The third kappa shape index (κ3) is 3.26. The van der Waals surface area contributed by atoms with E-state index in [1.807, 2.05) is 6.92 Å². The molecule has 0 heterocycles. The summed E-state index contributed by atoms with van der Waals surface area (Å²) in [6.07, 6.45) is 0.980. The Hall–Kier alpha value is 0.660. The SMILES string of the molecule is CCC(S)C(N)S. The fraction of sp³-hybridized carbons (Fsp3) is 1.00. The molecular formula is C4H11NS2. The lowest BCUT2D eigenvalue weighted by atomic mass is 10.3. The molecule has 0 spiro atoms. The lowest BCUT2D eigenvalue weighted by Crippen LogP contribution is -2.23.